The average molecular weight is 374 g/mol. The minimum absolute atomic E-state index is 0.188. The maximum atomic E-state index is 13.0. The molecule has 0 fully saturated rings. The minimum Gasteiger partial charge on any atom is -0.467 e. The maximum absolute atomic E-state index is 13.0. The number of anilines is 1. The Kier molecular flexibility index (Phi) is 5.61. The van der Waals surface area contributed by atoms with Gasteiger partial charge in [-0.25, -0.2) is 0 Å². The molecule has 0 saturated heterocycles. The molecule has 27 heavy (non-hydrogen) atoms. The van der Waals surface area contributed by atoms with Crippen molar-refractivity contribution in [3.8, 4) is 0 Å². The second kappa shape index (κ2) is 8.09. The summed E-state index contributed by atoms with van der Waals surface area (Å²) >= 11 is 0. The van der Waals surface area contributed by atoms with Gasteiger partial charge in [-0.3, -0.25) is 10.1 Å². The predicted octanol–water partition coefficient (Wildman–Crippen LogP) is 4.62. The van der Waals surface area contributed by atoms with Gasteiger partial charge in [-0.2, -0.15) is 13.2 Å². The van der Waals surface area contributed by atoms with Crippen molar-refractivity contribution in [2.45, 2.75) is 12.2 Å². The molecular formula is C20H17F3N2O2. The highest BCUT2D eigenvalue weighted by molar-refractivity contribution is 5.93. The SMILES string of the molecule is O=C(CN[C@@H](c1ccccc1)c1ccco1)Nc1ccccc1C(F)(F)F. The number of hydrogen-bond acceptors (Lipinski definition) is 3. The highest BCUT2D eigenvalue weighted by Gasteiger charge is 2.33. The van der Waals surface area contributed by atoms with Gasteiger partial charge in [0.2, 0.25) is 5.91 Å². The number of rotatable bonds is 6. The standard InChI is InChI=1S/C20H17F3N2O2/c21-20(22,23)15-9-4-5-10-16(15)25-18(26)13-24-19(17-11-6-12-27-17)14-7-2-1-3-8-14/h1-12,19,24H,13H2,(H,25,26)/t19-/m0/s1. The van der Waals surface area contributed by atoms with Crippen LogP contribution >= 0.6 is 0 Å². The van der Waals surface area contributed by atoms with Gasteiger partial charge in [-0.1, -0.05) is 42.5 Å². The van der Waals surface area contributed by atoms with E-state index in [0.29, 0.717) is 5.76 Å². The molecule has 4 nitrogen and oxygen atoms in total. The molecule has 2 aromatic carbocycles. The van der Waals surface area contributed by atoms with Crippen LogP contribution in [-0.2, 0) is 11.0 Å². The van der Waals surface area contributed by atoms with Crippen molar-refractivity contribution >= 4 is 11.6 Å². The third-order valence-electron chi connectivity index (χ3n) is 3.93. The van der Waals surface area contributed by atoms with Crippen molar-refractivity contribution in [3.63, 3.8) is 0 Å². The molecule has 0 spiro atoms. The lowest BCUT2D eigenvalue weighted by atomic mass is 10.0. The van der Waals surface area contributed by atoms with Crippen molar-refractivity contribution in [2.24, 2.45) is 0 Å². The van der Waals surface area contributed by atoms with Crippen molar-refractivity contribution in [2.75, 3.05) is 11.9 Å². The summed E-state index contributed by atoms with van der Waals surface area (Å²) in [4.78, 5) is 12.2. The van der Waals surface area contributed by atoms with Gasteiger partial charge in [0.25, 0.3) is 0 Å². The fourth-order valence-electron chi connectivity index (χ4n) is 2.71. The largest absolute Gasteiger partial charge is 0.467 e. The predicted molar refractivity (Wildman–Crippen MR) is 95.1 cm³/mol. The highest BCUT2D eigenvalue weighted by Crippen LogP contribution is 2.34. The van der Waals surface area contributed by atoms with Crippen LogP contribution in [0.1, 0.15) is 22.9 Å². The Balaban J connectivity index is 1.71. The number of hydrogen-bond donors (Lipinski definition) is 2. The van der Waals surface area contributed by atoms with E-state index < -0.39 is 23.7 Å². The summed E-state index contributed by atoms with van der Waals surface area (Å²) in [6, 6.07) is 17.3. The Bertz CT molecular complexity index is 878. The van der Waals surface area contributed by atoms with E-state index >= 15 is 0 Å². The van der Waals surface area contributed by atoms with E-state index in [2.05, 4.69) is 10.6 Å². The Labute approximate surface area is 154 Å². The summed E-state index contributed by atoms with van der Waals surface area (Å²) in [7, 11) is 0. The van der Waals surface area contributed by atoms with E-state index in [1.54, 1.807) is 12.1 Å². The fraction of sp³-hybridized carbons (Fsp3) is 0.150. The van der Waals surface area contributed by atoms with Crippen LogP contribution in [0.25, 0.3) is 0 Å². The van der Waals surface area contributed by atoms with Crippen LogP contribution in [0.2, 0.25) is 0 Å². The van der Waals surface area contributed by atoms with Crippen molar-refractivity contribution in [1.82, 2.24) is 5.32 Å². The monoisotopic (exact) mass is 374 g/mol. The topological polar surface area (TPSA) is 54.3 Å². The van der Waals surface area contributed by atoms with Gasteiger partial charge in [-0.15, -0.1) is 0 Å². The van der Waals surface area contributed by atoms with Crippen molar-refractivity contribution in [3.05, 3.63) is 89.9 Å². The van der Waals surface area contributed by atoms with Gasteiger partial charge >= 0.3 is 6.18 Å². The van der Waals surface area contributed by atoms with Crippen LogP contribution < -0.4 is 10.6 Å². The first-order valence-corrected chi connectivity index (χ1v) is 8.23. The summed E-state index contributed by atoms with van der Waals surface area (Å²) < 4.78 is 44.5. The molecule has 3 rings (SSSR count). The molecule has 2 N–H and O–H groups in total. The smallest absolute Gasteiger partial charge is 0.418 e. The second-order valence-electron chi connectivity index (χ2n) is 5.83. The highest BCUT2D eigenvalue weighted by atomic mass is 19.4. The van der Waals surface area contributed by atoms with Crippen molar-refractivity contribution in [1.29, 1.82) is 0 Å². The molecule has 1 heterocycles. The second-order valence-corrected chi connectivity index (χ2v) is 5.83. The molecule has 1 amide bonds. The first-order chi connectivity index (χ1) is 12.9. The Morgan fingerprint density at radius 2 is 1.67 bits per heavy atom. The van der Waals surface area contributed by atoms with E-state index in [4.69, 9.17) is 4.42 Å². The first-order valence-electron chi connectivity index (χ1n) is 8.23. The Morgan fingerprint density at radius 1 is 0.963 bits per heavy atom. The summed E-state index contributed by atoms with van der Waals surface area (Å²) in [5.74, 6) is 0.0175. The molecular weight excluding hydrogens is 357 g/mol. The van der Waals surface area contributed by atoms with Crippen LogP contribution in [0.4, 0.5) is 18.9 Å². The molecule has 1 atom stereocenters. The number of carbonyl (C=O) groups excluding carboxylic acids is 1. The number of furan rings is 1. The van der Waals surface area contributed by atoms with E-state index in [1.807, 2.05) is 30.3 Å². The Morgan fingerprint density at radius 3 is 2.33 bits per heavy atom. The quantitative estimate of drug-likeness (QED) is 0.662. The first kappa shape index (κ1) is 18.7. The molecule has 3 aromatic rings. The van der Waals surface area contributed by atoms with E-state index in [0.717, 1.165) is 11.6 Å². The summed E-state index contributed by atoms with van der Waals surface area (Å²) in [6.45, 7) is -0.188. The third kappa shape index (κ3) is 4.77. The number of alkyl halides is 3. The summed E-state index contributed by atoms with van der Waals surface area (Å²) in [5, 5.41) is 5.35. The third-order valence-corrected chi connectivity index (χ3v) is 3.93. The molecule has 7 heteroatoms. The van der Waals surface area contributed by atoms with Gasteiger partial charge in [0.1, 0.15) is 5.76 Å². The lowest BCUT2D eigenvalue weighted by molar-refractivity contribution is -0.137. The summed E-state index contributed by atoms with van der Waals surface area (Å²) in [6.07, 6.45) is -3.02. The van der Waals surface area contributed by atoms with Crippen LogP contribution in [0.3, 0.4) is 0 Å². The number of nitrogens with one attached hydrogen (secondary N) is 2. The van der Waals surface area contributed by atoms with Crippen molar-refractivity contribution < 1.29 is 22.4 Å². The average Bonchev–Trinajstić information content (AvgIpc) is 3.17. The van der Waals surface area contributed by atoms with Crippen LogP contribution in [-0.4, -0.2) is 12.5 Å². The zero-order valence-corrected chi connectivity index (χ0v) is 14.2. The number of para-hydroxylation sites is 1. The normalized spacial score (nSPS) is 12.6. The fourth-order valence-corrected chi connectivity index (χ4v) is 2.71. The van der Waals surface area contributed by atoms with Gasteiger partial charge in [0.15, 0.2) is 0 Å². The van der Waals surface area contributed by atoms with E-state index in [9.17, 15) is 18.0 Å². The molecule has 140 valence electrons. The molecule has 0 unspecified atom stereocenters. The minimum atomic E-state index is -4.54. The van der Waals surface area contributed by atoms with Gasteiger partial charge in [0.05, 0.1) is 30.1 Å². The zero-order chi connectivity index (χ0) is 19.3. The number of carbonyl (C=O) groups is 1. The zero-order valence-electron chi connectivity index (χ0n) is 14.2. The van der Waals surface area contributed by atoms with Gasteiger partial charge in [0, 0.05) is 0 Å². The molecule has 0 radical (unpaired) electrons. The van der Waals surface area contributed by atoms with E-state index in [-0.39, 0.29) is 12.2 Å². The van der Waals surface area contributed by atoms with Crippen LogP contribution in [0.5, 0.6) is 0 Å². The lowest BCUT2D eigenvalue weighted by Crippen LogP contribution is -2.32. The lowest BCUT2D eigenvalue weighted by Gasteiger charge is -2.18. The molecule has 0 aliphatic heterocycles. The van der Waals surface area contributed by atoms with E-state index in [1.165, 1.54) is 24.5 Å². The number of halogens is 3. The molecule has 0 bridgehead atoms. The van der Waals surface area contributed by atoms with Gasteiger partial charge in [-0.05, 0) is 29.8 Å². The number of amides is 1. The molecule has 1 aromatic heterocycles. The summed E-state index contributed by atoms with van der Waals surface area (Å²) in [5.41, 5.74) is -0.286. The van der Waals surface area contributed by atoms with Crippen LogP contribution in [0, 0.1) is 0 Å². The van der Waals surface area contributed by atoms with Crippen LogP contribution in [0.15, 0.2) is 77.4 Å². The maximum Gasteiger partial charge on any atom is 0.418 e. The molecule has 0 aliphatic rings. The van der Waals surface area contributed by atoms with Gasteiger partial charge < -0.3 is 9.73 Å². The number of benzene rings is 2. The Hall–Kier alpha value is -3.06. The molecule has 0 saturated carbocycles. The molecule has 0 aliphatic carbocycles.